The zero-order chi connectivity index (χ0) is 14.3. The van der Waals surface area contributed by atoms with Crippen LogP contribution < -0.4 is 0 Å². The van der Waals surface area contributed by atoms with Gasteiger partial charge in [0.15, 0.2) is 0 Å². The van der Waals surface area contributed by atoms with E-state index in [2.05, 4.69) is 29.3 Å². The maximum atomic E-state index is 13.2. The van der Waals surface area contributed by atoms with E-state index in [0.29, 0.717) is 0 Å². The van der Waals surface area contributed by atoms with Crippen molar-refractivity contribution >= 4 is 5.91 Å². The molecule has 0 bridgehead atoms. The van der Waals surface area contributed by atoms with Crippen molar-refractivity contribution in [2.75, 3.05) is 19.6 Å². The topological polar surface area (TPSA) is 23.6 Å². The normalized spacial score (nSPS) is 20.8. The fraction of sp³-hybridized carbons (Fsp3) is 0.278. The standard InChI is InChI=1S/C18H18N2O/c21-17-18(15-8-3-1-4-9-15,16-10-5-2-6-11-16)14-19-12-7-13-20(17)19/h1-6,8-11H,7,12-14H2. The SMILES string of the molecule is O=C1N2CCCN2CC1(c1ccccc1)c1ccccc1. The Labute approximate surface area is 124 Å². The summed E-state index contributed by atoms with van der Waals surface area (Å²) in [7, 11) is 0. The van der Waals surface area contributed by atoms with Crippen LogP contribution in [0.2, 0.25) is 0 Å². The molecule has 0 radical (unpaired) electrons. The molecule has 0 N–H and O–H groups in total. The fourth-order valence-electron chi connectivity index (χ4n) is 3.66. The van der Waals surface area contributed by atoms with Crippen LogP contribution in [0.15, 0.2) is 60.7 Å². The van der Waals surface area contributed by atoms with Crippen LogP contribution in [0.3, 0.4) is 0 Å². The molecule has 2 aliphatic rings. The smallest absolute Gasteiger partial charge is 0.253 e. The average molecular weight is 278 g/mol. The summed E-state index contributed by atoms with van der Waals surface area (Å²) in [5, 5.41) is 4.16. The number of hydrogen-bond donors (Lipinski definition) is 0. The number of carbonyl (C=O) groups is 1. The Hall–Kier alpha value is -2.13. The van der Waals surface area contributed by atoms with E-state index in [1.54, 1.807) is 0 Å². The van der Waals surface area contributed by atoms with Crippen LogP contribution in [0.25, 0.3) is 0 Å². The lowest BCUT2D eigenvalue weighted by Gasteiger charge is -2.28. The molecule has 3 heteroatoms. The average Bonchev–Trinajstić information content (AvgIpc) is 3.11. The second-order valence-corrected chi connectivity index (χ2v) is 5.81. The van der Waals surface area contributed by atoms with E-state index < -0.39 is 5.41 Å². The molecule has 2 aromatic carbocycles. The van der Waals surface area contributed by atoms with E-state index in [-0.39, 0.29) is 5.91 Å². The third kappa shape index (κ3) is 1.74. The molecule has 0 atom stereocenters. The molecule has 0 saturated carbocycles. The van der Waals surface area contributed by atoms with Crippen molar-refractivity contribution in [2.24, 2.45) is 0 Å². The number of hydrazine groups is 1. The fourth-order valence-corrected chi connectivity index (χ4v) is 3.66. The highest BCUT2D eigenvalue weighted by Gasteiger charge is 2.54. The van der Waals surface area contributed by atoms with Crippen LogP contribution in [0.1, 0.15) is 17.5 Å². The van der Waals surface area contributed by atoms with Crippen LogP contribution in [-0.2, 0) is 10.2 Å². The number of rotatable bonds is 2. The van der Waals surface area contributed by atoms with Gasteiger partial charge < -0.3 is 0 Å². The lowest BCUT2D eigenvalue weighted by Crippen LogP contribution is -2.40. The van der Waals surface area contributed by atoms with Gasteiger partial charge in [0, 0.05) is 19.6 Å². The Bertz CT molecular complexity index is 614. The van der Waals surface area contributed by atoms with Crippen LogP contribution in [-0.4, -0.2) is 35.6 Å². The highest BCUT2D eigenvalue weighted by atomic mass is 16.2. The van der Waals surface area contributed by atoms with Crippen LogP contribution in [0.4, 0.5) is 0 Å². The zero-order valence-corrected chi connectivity index (χ0v) is 11.9. The number of fused-ring (bicyclic) bond motifs is 1. The Morgan fingerprint density at radius 2 is 1.38 bits per heavy atom. The molecule has 2 saturated heterocycles. The van der Waals surface area contributed by atoms with Crippen molar-refractivity contribution < 1.29 is 4.79 Å². The number of amides is 1. The van der Waals surface area contributed by atoms with Gasteiger partial charge in [-0.25, -0.2) is 5.01 Å². The molecule has 0 unspecified atom stereocenters. The van der Waals surface area contributed by atoms with Crippen molar-refractivity contribution in [2.45, 2.75) is 11.8 Å². The van der Waals surface area contributed by atoms with E-state index in [1.165, 1.54) is 0 Å². The first-order valence-corrected chi connectivity index (χ1v) is 7.50. The number of nitrogens with zero attached hydrogens (tertiary/aromatic N) is 2. The van der Waals surface area contributed by atoms with E-state index in [0.717, 1.165) is 37.2 Å². The van der Waals surface area contributed by atoms with Crippen molar-refractivity contribution in [3.8, 4) is 0 Å². The maximum absolute atomic E-state index is 13.2. The first kappa shape index (κ1) is 12.6. The van der Waals surface area contributed by atoms with Gasteiger partial charge in [-0.1, -0.05) is 60.7 Å². The second-order valence-electron chi connectivity index (χ2n) is 5.81. The lowest BCUT2D eigenvalue weighted by atomic mass is 9.74. The van der Waals surface area contributed by atoms with E-state index in [4.69, 9.17) is 0 Å². The van der Waals surface area contributed by atoms with Gasteiger partial charge in [0.25, 0.3) is 5.91 Å². The molecule has 2 aromatic rings. The monoisotopic (exact) mass is 278 g/mol. The predicted molar refractivity (Wildman–Crippen MR) is 81.6 cm³/mol. The molecule has 0 spiro atoms. The summed E-state index contributed by atoms with van der Waals surface area (Å²) in [6, 6.07) is 20.4. The van der Waals surface area contributed by atoms with Gasteiger partial charge in [-0.05, 0) is 17.5 Å². The van der Waals surface area contributed by atoms with Gasteiger partial charge >= 0.3 is 0 Å². The van der Waals surface area contributed by atoms with Crippen LogP contribution >= 0.6 is 0 Å². The molecule has 2 fully saturated rings. The Morgan fingerprint density at radius 1 is 0.810 bits per heavy atom. The second kappa shape index (κ2) is 4.71. The highest BCUT2D eigenvalue weighted by molar-refractivity contribution is 5.94. The van der Waals surface area contributed by atoms with Crippen molar-refractivity contribution in [1.29, 1.82) is 0 Å². The molecular weight excluding hydrogens is 260 g/mol. The van der Waals surface area contributed by atoms with E-state index in [9.17, 15) is 4.79 Å². The summed E-state index contributed by atoms with van der Waals surface area (Å²) >= 11 is 0. The molecular formula is C18H18N2O. The molecule has 0 aromatic heterocycles. The van der Waals surface area contributed by atoms with Gasteiger partial charge in [0.05, 0.1) is 0 Å². The minimum Gasteiger partial charge on any atom is -0.274 e. The summed E-state index contributed by atoms with van der Waals surface area (Å²) in [6.07, 6.45) is 1.07. The minimum atomic E-state index is -0.553. The third-order valence-corrected chi connectivity index (χ3v) is 4.68. The minimum absolute atomic E-state index is 0.220. The molecule has 2 aliphatic heterocycles. The van der Waals surface area contributed by atoms with Crippen molar-refractivity contribution in [3.63, 3.8) is 0 Å². The third-order valence-electron chi connectivity index (χ3n) is 4.68. The molecule has 1 amide bonds. The van der Waals surface area contributed by atoms with E-state index in [1.807, 2.05) is 41.4 Å². The maximum Gasteiger partial charge on any atom is 0.253 e. The summed E-state index contributed by atoms with van der Waals surface area (Å²) in [6.45, 7) is 2.58. The van der Waals surface area contributed by atoms with Crippen molar-refractivity contribution in [1.82, 2.24) is 10.0 Å². The molecule has 2 heterocycles. The summed E-state index contributed by atoms with van der Waals surface area (Å²) < 4.78 is 0. The van der Waals surface area contributed by atoms with Gasteiger partial charge in [-0.3, -0.25) is 9.80 Å². The summed E-state index contributed by atoms with van der Waals surface area (Å²) in [4.78, 5) is 13.2. The van der Waals surface area contributed by atoms with Gasteiger partial charge in [0.1, 0.15) is 5.41 Å². The first-order valence-electron chi connectivity index (χ1n) is 7.50. The highest BCUT2D eigenvalue weighted by Crippen LogP contribution is 2.41. The van der Waals surface area contributed by atoms with Crippen molar-refractivity contribution in [3.05, 3.63) is 71.8 Å². The Kier molecular flexibility index (Phi) is 2.82. The number of hydrogen-bond acceptors (Lipinski definition) is 2. The first-order chi connectivity index (χ1) is 10.3. The predicted octanol–water partition coefficient (Wildman–Crippen LogP) is 2.44. The quantitative estimate of drug-likeness (QED) is 0.842. The lowest BCUT2D eigenvalue weighted by molar-refractivity contribution is -0.136. The van der Waals surface area contributed by atoms with Gasteiger partial charge in [-0.15, -0.1) is 0 Å². The number of carbonyl (C=O) groups excluding carboxylic acids is 1. The summed E-state index contributed by atoms with van der Waals surface area (Å²) in [5.41, 5.74) is 1.63. The van der Waals surface area contributed by atoms with E-state index >= 15 is 0 Å². The van der Waals surface area contributed by atoms with Gasteiger partial charge in [-0.2, -0.15) is 0 Å². The molecule has 0 aliphatic carbocycles. The largest absolute Gasteiger partial charge is 0.274 e. The zero-order valence-electron chi connectivity index (χ0n) is 11.9. The Balaban J connectivity index is 1.91. The molecule has 21 heavy (non-hydrogen) atoms. The Morgan fingerprint density at radius 3 is 1.90 bits per heavy atom. The molecule has 4 rings (SSSR count). The molecule has 106 valence electrons. The number of benzene rings is 2. The van der Waals surface area contributed by atoms with Crippen LogP contribution in [0, 0.1) is 0 Å². The van der Waals surface area contributed by atoms with Gasteiger partial charge in [0.2, 0.25) is 0 Å². The summed E-state index contributed by atoms with van der Waals surface area (Å²) in [5.74, 6) is 0.220. The van der Waals surface area contributed by atoms with Crippen LogP contribution in [0.5, 0.6) is 0 Å². The molecule has 3 nitrogen and oxygen atoms in total.